The molecule has 2 amide bonds. The number of anilines is 1. The molecule has 0 radical (unpaired) electrons. The van der Waals surface area contributed by atoms with E-state index >= 15 is 0 Å². The Morgan fingerprint density at radius 2 is 1.74 bits per heavy atom. The van der Waals surface area contributed by atoms with Crippen molar-refractivity contribution in [1.82, 2.24) is 10.2 Å². The number of nitrogens with one attached hydrogen (secondary N) is 1. The third kappa shape index (κ3) is 8.85. The maximum Gasteiger partial charge on any atom is 0.242 e. The first kappa shape index (κ1) is 28.7. The highest BCUT2D eigenvalue weighted by atomic mass is 35.5. The Bertz CT molecular complexity index is 1120. The van der Waals surface area contributed by atoms with Gasteiger partial charge in [0.25, 0.3) is 0 Å². The van der Waals surface area contributed by atoms with Crippen LogP contribution in [0.25, 0.3) is 0 Å². The zero-order valence-electron chi connectivity index (χ0n) is 21.2. The maximum absolute atomic E-state index is 13.3. The summed E-state index contributed by atoms with van der Waals surface area (Å²) in [5, 5.41) is 3.40. The molecule has 0 fully saturated rings. The lowest BCUT2D eigenvalue weighted by Crippen LogP contribution is -2.47. The highest BCUT2D eigenvalue weighted by molar-refractivity contribution is 7.92. The summed E-state index contributed by atoms with van der Waals surface area (Å²) in [6.45, 7) is 8.41. The van der Waals surface area contributed by atoms with Crippen molar-refractivity contribution in [2.24, 2.45) is 0 Å². The van der Waals surface area contributed by atoms with Crippen LogP contribution in [0.5, 0.6) is 0 Å². The number of amides is 2. The van der Waals surface area contributed by atoms with Gasteiger partial charge in [-0.15, -0.1) is 0 Å². The fraction of sp³-hybridized carbons (Fsp3) is 0.462. The standard InChI is InChI=1S/C26H36ClN3O4S/c1-6-12-28-26(32)21(4)29(18-22-9-7-10-23(27)17-22)25(31)11-8-13-30(35(5,33)34)24-15-19(2)14-20(3)16-24/h7,9-10,14-17,21H,6,8,11-13,18H2,1-5H3,(H,28,32)/t21-/m1/s1. The van der Waals surface area contributed by atoms with Crippen LogP contribution < -0.4 is 9.62 Å². The Morgan fingerprint density at radius 3 is 2.31 bits per heavy atom. The number of rotatable bonds is 12. The molecule has 2 aromatic carbocycles. The third-order valence-electron chi connectivity index (χ3n) is 5.61. The molecular formula is C26H36ClN3O4S. The number of hydrogen-bond donors (Lipinski definition) is 1. The quantitative estimate of drug-likeness (QED) is 0.447. The summed E-state index contributed by atoms with van der Waals surface area (Å²) in [6, 6.07) is 12.1. The zero-order chi connectivity index (χ0) is 26.2. The first-order valence-electron chi connectivity index (χ1n) is 11.8. The van der Waals surface area contributed by atoms with Crippen molar-refractivity contribution >= 4 is 39.1 Å². The topological polar surface area (TPSA) is 86.8 Å². The van der Waals surface area contributed by atoms with Crippen LogP contribution in [0.4, 0.5) is 5.69 Å². The molecule has 0 aliphatic carbocycles. The average Bonchev–Trinajstić information content (AvgIpc) is 2.76. The van der Waals surface area contributed by atoms with E-state index in [0.717, 1.165) is 29.4 Å². The second-order valence-electron chi connectivity index (χ2n) is 8.90. The molecule has 0 aliphatic rings. The van der Waals surface area contributed by atoms with E-state index in [1.807, 2.05) is 45.0 Å². The first-order valence-corrected chi connectivity index (χ1v) is 14.0. The predicted octanol–water partition coefficient (Wildman–Crippen LogP) is 4.45. The molecule has 192 valence electrons. The zero-order valence-corrected chi connectivity index (χ0v) is 22.7. The van der Waals surface area contributed by atoms with Gasteiger partial charge in [-0.25, -0.2) is 8.42 Å². The van der Waals surface area contributed by atoms with Gasteiger partial charge in [0.1, 0.15) is 6.04 Å². The van der Waals surface area contributed by atoms with Gasteiger partial charge < -0.3 is 10.2 Å². The lowest BCUT2D eigenvalue weighted by molar-refractivity contribution is -0.140. The molecule has 0 unspecified atom stereocenters. The van der Waals surface area contributed by atoms with Crippen LogP contribution in [-0.2, 0) is 26.2 Å². The van der Waals surface area contributed by atoms with E-state index in [2.05, 4.69) is 5.32 Å². The summed E-state index contributed by atoms with van der Waals surface area (Å²) in [4.78, 5) is 27.4. The number of sulfonamides is 1. The van der Waals surface area contributed by atoms with E-state index in [4.69, 9.17) is 11.6 Å². The Kier molecular flexibility index (Phi) is 10.6. The van der Waals surface area contributed by atoms with E-state index in [9.17, 15) is 18.0 Å². The lowest BCUT2D eigenvalue weighted by Gasteiger charge is -2.29. The van der Waals surface area contributed by atoms with Crippen molar-refractivity contribution in [2.45, 2.75) is 59.5 Å². The molecule has 2 aromatic rings. The minimum Gasteiger partial charge on any atom is -0.354 e. The Hall–Kier alpha value is -2.58. The van der Waals surface area contributed by atoms with Crippen LogP contribution in [-0.4, -0.2) is 50.5 Å². The van der Waals surface area contributed by atoms with Gasteiger partial charge in [0.05, 0.1) is 11.9 Å². The van der Waals surface area contributed by atoms with Crippen LogP contribution in [0.2, 0.25) is 5.02 Å². The summed E-state index contributed by atoms with van der Waals surface area (Å²) >= 11 is 6.11. The fourth-order valence-electron chi connectivity index (χ4n) is 3.91. The van der Waals surface area contributed by atoms with E-state index in [-0.39, 0.29) is 31.3 Å². The number of carbonyl (C=O) groups excluding carboxylic acids is 2. The molecule has 1 N–H and O–H groups in total. The number of carbonyl (C=O) groups is 2. The molecule has 0 aliphatic heterocycles. The number of benzene rings is 2. The van der Waals surface area contributed by atoms with E-state index in [1.54, 1.807) is 25.1 Å². The van der Waals surface area contributed by atoms with Crippen molar-refractivity contribution in [2.75, 3.05) is 23.7 Å². The van der Waals surface area contributed by atoms with E-state index < -0.39 is 16.1 Å². The van der Waals surface area contributed by atoms with Crippen molar-refractivity contribution in [1.29, 1.82) is 0 Å². The summed E-state index contributed by atoms with van der Waals surface area (Å²) in [5.74, 6) is -0.451. The maximum atomic E-state index is 13.3. The molecule has 7 nitrogen and oxygen atoms in total. The van der Waals surface area contributed by atoms with Gasteiger partial charge in [-0.3, -0.25) is 13.9 Å². The summed E-state index contributed by atoms with van der Waals surface area (Å²) in [6.07, 6.45) is 2.37. The van der Waals surface area contributed by atoms with Crippen LogP contribution in [0, 0.1) is 13.8 Å². The van der Waals surface area contributed by atoms with Gasteiger partial charge >= 0.3 is 0 Å². The number of aryl methyl sites for hydroxylation is 2. The van der Waals surface area contributed by atoms with Gasteiger partial charge in [0, 0.05) is 31.1 Å². The molecular weight excluding hydrogens is 486 g/mol. The summed E-state index contributed by atoms with van der Waals surface area (Å²) in [5.41, 5.74) is 3.32. The molecule has 35 heavy (non-hydrogen) atoms. The molecule has 1 atom stereocenters. The SMILES string of the molecule is CCCNC(=O)[C@@H](C)N(Cc1cccc(Cl)c1)C(=O)CCCN(c1cc(C)cc(C)c1)S(C)(=O)=O. The van der Waals surface area contributed by atoms with Crippen molar-refractivity contribution < 1.29 is 18.0 Å². The smallest absolute Gasteiger partial charge is 0.242 e. The number of halogens is 1. The van der Waals surface area contributed by atoms with Crippen LogP contribution in [0.3, 0.4) is 0 Å². The number of hydrogen-bond acceptors (Lipinski definition) is 4. The highest BCUT2D eigenvalue weighted by Crippen LogP contribution is 2.22. The van der Waals surface area contributed by atoms with Gasteiger partial charge in [-0.1, -0.05) is 36.7 Å². The average molecular weight is 522 g/mol. The van der Waals surface area contributed by atoms with Gasteiger partial charge in [-0.05, 0) is 74.6 Å². The van der Waals surface area contributed by atoms with Gasteiger partial charge in [0.15, 0.2) is 0 Å². The Labute approximate surface area is 214 Å². The molecule has 0 aromatic heterocycles. The predicted molar refractivity (Wildman–Crippen MR) is 142 cm³/mol. The van der Waals surface area contributed by atoms with Gasteiger partial charge in [0.2, 0.25) is 21.8 Å². The molecule has 0 saturated heterocycles. The van der Waals surface area contributed by atoms with Gasteiger partial charge in [-0.2, -0.15) is 0 Å². The Balaban J connectivity index is 2.18. The minimum atomic E-state index is -3.53. The van der Waals surface area contributed by atoms with Crippen molar-refractivity contribution in [3.63, 3.8) is 0 Å². The Morgan fingerprint density at radius 1 is 1.09 bits per heavy atom. The highest BCUT2D eigenvalue weighted by Gasteiger charge is 2.26. The molecule has 2 rings (SSSR count). The lowest BCUT2D eigenvalue weighted by atomic mass is 10.1. The fourth-order valence-corrected chi connectivity index (χ4v) is 5.07. The monoisotopic (exact) mass is 521 g/mol. The normalized spacial score (nSPS) is 12.2. The first-order chi connectivity index (χ1) is 16.4. The molecule has 0 saturated carbocycles. The molecule has 0 heterocycles. The van der Waals surface area contributed by atoms with Crippen LogP contribution >= 0.6 is 11.6 Å². The minimum absolute atomic E-state index is 0.1000. The van der Waals surface area contributed by atoms with E-state index in [1.165, 1.54) is 9.21 Å². The number of nitrogens with zero attached hydrogens (tertiary/aromatic N) is 2. The van der Waals surface area contributed by atoms with Crippen LogP contribution in [0.1, 0.15) is 49.8 Å². The van der Waals surface area contributed by atoms with Crippen molar-refractivity contribution in [3.05, 3.63) is 64.2 Å². The van der Waals surface area contributed by atoms with E-state index in [0.29, 0.717) is 23.7 Å². The molecule has 9 heteroatoms. The molecule has 0 spiro atoms. The second-order valence-corrected chi connectivity index (χ2v) is 11.2. The summed E-state index contributed by atoms with van der Waals surface area (Å²) in [7, 11) is -3.53. The summed E-state index contributed by atoms with van der Waals surface area (Å²) < 4.78 is 26.3. The second kappa shape index (κ2) is 12.9. The van der Waals surface area contributed by atoms with Crippen molar-refractivity contribution in [3.8, 4) is 0 Å². The van der Waals surface area contributed by atoms with Crippen LogP contribution in [0.15, 0.2) is 42.5 Å². The third-order valence-corrected chi connectivity index (χ3v) is 7.03. The largest absolute Gasteiger partial charge is 0.354 e. The molecule has 0 bridgehead atoms.